The molecule has 1 amide bonds. The van der Waals surface area contributed by atoms with Crippen molar-refractivity contribution in [2.24, 2.45) is 0 Å². The first-order valence-electron chi connectivity index (χ1n) is 8.62. The number of carbonyl (C=O) groups is 1. The van der Waals surface area contributed by atoms with Crippen molar-refractivity contribution >= 4 is 29.3 Å². The van der Waals surface area contributed by atoms with Crippen LogP contribution in [0, 0.1) is 20.8 Å². The minimum Gasteiger partial charge on any atom is -0.349 e. The summed E-state index contributed by atoms with van der Waals surface area (Å²) in [5.74, 6) is 0.0765. The molecule has 0 bridgehead atoms. The van der Waals surface area contributed by atoms with Crippen molar-refractivity contribution in [1.82, 2.24) is 5.32 Å². The minimum atomic E-state index is -0.115. The van der Waals surface area contributed by atoms with Crippen molar-refractivity contribution in [3.63, 3.8) is 0 Å². The molecule has 2 aromatic carbocycles. The van der Waals surface area contributed by atoms with E-state index in [1.807, 2.05) is 31.2 Å². The Morgan fingerprint density at radius 3 is 2.28 bits per heavy atom. The number of aryl methyl sites for hydroxylation is 3. The Bertz CT molecular complexity index is 742. The number of carbonyl (C=O) groups excluding carboxylic acids is 1. The van der Waals surface area contributed by atoms with Crippen LogP contribution in [-0.4, -0.2) is 11.2 Å². The zero-order chi connectivity index (χ0) is 18.6. The van der Waals surface area contributed by atoms with E-state index in [0.29, 0.717) is 5.02 Å². The SMILES string of the molecule is CCC(Sc1ccc(Cl)cc1)C(=O)NC(C)c1cc(C)c(C)cc1C. The molecular formula is C21H26ClNOS. The van der Waals surface area contributed by atoms with Gasteiger partial charge in [0.25, 0.3) is 0 Å². The Morgan fingerprint density at radius 1 is 1.08 bits per heavy atom. The van der Waals surface area contributed by atoms with Crippen molar-refractivity contribution in [3.8, 4) is 0 Å². The highest BCUT2D eigenvalue weighted by Crippen LogP contribution is 2.28. The van der Waals surface area contributed by atoms with E-state index < -0.39 is 0 Å². The van der Waals surface area contributed by atoms with Crippen LogP contribution in [0.2, 0.25) is 5.02 Å². The maximum atomic E-state index is 12.7. The lowest BCUT2D eigenvalue weighted by Gasteiger charge is -2.21. The van der Waals surface area contributed by atoms with Crippen LogP contribution < -0.4 is 5.32 Å². The summed E-state index contributed by atoms with van der Waals surface area (Å²) in [6.07, 6.45) is 0.776. The molecule has 0 aliphatic heterocycles. The van der Waals surface area contributed by atoms with Crippen LogP contribution in [0.15, 0.2) is 41.3 Å². The van der Waals surface area contributed by atoms with Crippen molar-refractivity contribution in [2.45, 2.75) is 57.2 Å². The van der Waals surface area contributed by atoms with Gasteiger partial charge in [-0.2, -0.15) is 0 Å². The van der Waals surface area contributed by atoms with Gasteiger partial charge in [0.2, 0.25) is 5.91 Å². The average molecular weight is 376 g/mol. The van der Waals surface area contributed by atoms with Gasteiger partial charge in [-0.05, 0) is 80.6 Å². The lowest BCUT2D eigenvalue weighted by Crippen LogP contribution is -2.34. The van der Waals surface area contributed by atoms with E-state index in [1.54, 1.807) is 11.8 Å². The van der Waals surface area contributed by atoms with E-state index in [1.165, 1.54) is 22.3 Å². The number of benzene rings is 2. The Labute approximate surface area is 160 Å². The number of halogens is 1. The van der Waals surface area contributed by atoms with Crippen LogP contribution >= 0.6 is 23.4 Å². The molecule has 2 rings (SSSR count). The third kappa shape index (κ3) is 5.26. The van der Waals surface area contributed by atoms with Crippen LogP contribution in [0.1, 0.15) is 48.6 Å². The van der Waals surface area contributed by atoms with Crippen molar-refractivity contribution < 1.29 is 4.79 Å². The van der Waals surface area contributed by atoms with Gasteiger partial charge >= 0.3 is 0 Å². The van der Waals surface area contributed by atoms with Crippen LogP contribution in [0.5, 0.6) is 0 Å². The predicted molar refractivity (Wildman–Crippen MR) is 109 cm³/mol. The molecule has 0 aliphatic carbocycles. The second-order valence-electron chi connectivity index (χ2n) is 6.49. The Morgan fingerprint density at radius 2 is 1.68 bits per heavy atom. The smallest absolute Gasteiger partial charge is 0.233 e. The molecule has 25 heavy (non-hydrogen) atoms. The zero-order valence-electron chi connectivity index (χ0n) is 15.5. The zero-order valence-corrected chi connectivity index (χ0v) is 17.1. The molecule has 0 spiro atoms. The predicted octanol–water partition coefficient (Wildman–Crippen LogP) is 6.01. The largest absolute Gasteiger partial charge is 0.349 e. The number of nitrogens with one attached hydrogen (secondary N) is 1. The first kappa shape index (κ1) is 19.9. The fourth-order valence-electron chi connectivity index (χ4n) is 2.83. The summed E-state index contributed by atoms with van der Waals surface area (Å²) in [5.41, 5.74) is 4.94. The van der Waals surface area contributed by atoms with Crippen LogP contribution in [0.4, 0.5) is 0 Å². The molecular weight excluding hydrogens is 350 g/mol. The first-order chi connectivity index (χ1) is 11.8. The number of thioether (sulfide) groups is 1. The van der Waals surface area contributed by atoms with E-state index >= 15 is 0 Å². The Kier molecular flexibility index (Phi) is 6.97. The van der Waals surface area contributed by atoms with Gasteiger partial charge in [-0.3, -0.25) is 4.79 Å². The van der Waals surface area contributed by atoms with Gasteiger partial charge in [0, 0.05) is 9.92 Å². The van der Waals surface area contributed by atoms with E-state index in [9.17, 15) is 4.79 Å². The molecule has 0 fully saturated rings. The lowest BCUT2D eigenvalue weighted by atomic mass is 9.96. The minimum absolute atomic E-state index is 0.00771. The number of hydrogen-bond acceptors (Lipinski definition) is 2. The van der Waals surface area contributed by atoms with Crippen LogP contribution in [0.25, 0.3) is 0 Å². The van der Waals surface area contributed by atoms with Gasteiger partial charge in [0.1, 0.15) is 0 Å². The molecule has 2 atom stereocenters. The highest BCUT2D eigenvalue weighted by atomic mass is 35.5. The quantitative estimate of drug-likeness (QED) is 0.626. The number of rotatable bonds is 6. The van der Waals surface area contributed by atoms with Gasteiger partial charge in [-0.15, -0.1) is 11.8 Å². The van der Waals surface area contributed by atoms with Gasteiger partial charge in [-0.25, -0.2) is 0 Å². The second kappa shape index (κ2) is 8.77. The summed E-state index contributed by atoms with van der Waals surface area (Å²) in [6, 6.07) is 12.0. The van der Waals surface area contributed by atoms with Crippen LogP contribution in [-0.2, 0) is 4.79 Å². The molecule has 0 saturated heterocycles. The molecule has 0 saturated carbocycles. The Balaban J connectivity index is 2.08. The molecule has 134 valence electrons. The molecule has 1 N–H and O–H groups in total. The van der Waals surface area contributed by atoms with E-state index in [0.717, 1.165) is 11.3 Å². The maximum Gasteiger partial charge on any atom is 0.233 e. The molecule has 0 heterocycles. The van der Waals surface area contributed by atoms with Gasteiger partial charge in [-0.1, -0.05) is 30.7 Å². The van der Waals surface area contributed by atoms with E-state index in [2.05, 4.69) is 45.1 Å². The first-order valence-corrected chi connectivity index (χ1v) is 9.88. The lowest BCUT2D eigenvalue weighted by molar-refractivity contribution is -0.121. The molecule has 2 aromatic rings. The van der Waals surface area contributed by atoms with Gasteiger partial charge in [0.05, 0.1) is 11.3 Å². The topological polar surface area (TPSA) is 29.1 Å². The molecule has 0 aliphatic rings. The average Bonchev–Trinajstić information content (AvgIpc) is 2.57. The fraction of sp³-hybridized carbons (Fsp3) is 0.381. The summed E-state index contributed by atoms with van der Waals surface area (Å²) in [7, 11) is 0. The molecule has 2 nitrogen and oxygen atoms in total. The molecule has 2 unspecified atom stereocenters. The number of amides is 1. The molecule has 0 aromatic heterocycles. The normalized spacial score (nSPS) is 13.4. The monoisotopic (exact) mass is 375 g/mol. The maximum absolute atomic E-state index is 12.7. The highest BCUT2D eigenvalue weighted by molar-refractivity contribution is 8.00. The highest BCUT2D eigenvalue weighted by Gasteiger charge is 2.21. The van der Waals surface area contributed by atoms with Crippen molar-refractivity contribution in [2.75, 3.05) is 0 Å². The summed E-state index contributed by atoms with van der Waals surface area (Å²) in [4.78, 5) is 13.8. The third-order valence-electron chi connectivity index (χ3n) is 4.46. The van der Waals surface area contributed by atoms with E-state index in [4.69, 9.17) is 11.6 Å². The second-order valence-corrected chi connectivity index (χ2v) is 8.20. The summed E-state index contributed by atoms with van der Waals surface area (Å²) < 4.78 is 0. The molecule has 0 radical (unpaired) electrons. The van der Waals surface area contributed by atoms with Crippen LogP contribution in [0.3, 0.4) is 0 Å². The fourth-order valence-corrected chi connectivity index (χ4v) is 3.92. The standard InChI is InChI=1S/C21H26ClNOS/c1-6-20(25-18-9-7-17(22)8-10-18)21(24)23-16(5)19-12-14(3)13(2)11-15(19)4/h7-12,16,20H,6H2,1-5H3,(H,23,24). The van der Waals surface area contributed by atoms with Gasteiger partial charge < -0.3 is 5.32 Å². The summed E-state index contributed by atoms with van der Waals surface area (Å²) in [5, 5.41) is 3.77. The van der Waals surface area contributed by atoms with Gasteiger partial charge in [0.15, 0.2) is 0 Å². The van der Waals surface area contributed by atoms with E-state index in [-0.39, 0.29) is 17.2 Å². The summed E-state index contributed by atoms with van der Waals surface area (Å²) in [6.45, 7) is 10.4. The molecule has 4 heteroatoms. The Hall–Kier alpha value is -1.45. The summed E-state index contributed by atoms with van der Waals surface area (Å²) >= 11 is 7.51. The van der Waals surface area contributed by atoms with Crippen molar-refractivity contribution in [1.29, 1.82) is 0 Å². The number of hydrogen-bond donors (Lipinski definition) is 1. The third-order valence-corrected chi connectivity index (χ3v) is 6.09. The van der Waals surface area contributed by atoms with Crippen molar-refractivity contribution in [3.05, 3.63) is 63.7 Å².